The maximum Gasteiger partial charge on any atom is 0.110 e. The highest BCUT2D eigenvalue weighted by atomic mass is 16.4. The first-order chi connectivity index (χ1) is 14.1. The van der Waals surface area contributed by atoms with Crippen molar-refractivity contribution in [1.29, 1.82) is 0 Å². The van der Waals surface area contributed by atoms with Crippen LogP contribution in [0.4, 0.5) is 0 Å². The lowest BCUT2D eigenvalue weighted by Crippen LogP contribution is -2.57. The van der Waals surface area contributed by atoms with Gasteiger partial charge in [-0.05, 0) is 90.4 Å². The average Bonchev–Trinajstić information content (AvgIpc) is 3.03. The molecule has 3 heteroatoms. The molecule has 4 aliphatic rings. The predicted octanol–water partition coefficient (Wildman–Crippen LogP) is 5.33. The van der Waals surface area contributed by atoms with Crippen molar-refractivity contribution < 1.29 is 15.3 Å². The number of hydrogen-bond donors (Lipinski definition) is 3. The Balaban J connectivity index is 1.53. The molecule has 0 aromatic carbocycles. The van der Waals surface area contributed by atoms with Crippen LogP contribution in [-0.2, 0) is 0 Å². The molecule has 3 N–H and O–H groups in total. The number of aliphatic hydroxyl groups excluding tert-OH is 3. The summed E-state index contributed by atoms with van der Waals surface area (Å²) in [6.45, 7) is 12.0. The van der Waals surface area contributed by atoms with Gasteiger partial charge in [-0.2, -0.15) is 0 Å². The van der Waals surface area contributed by atoms with Gasteiger partial charge >= 0.3 is 0 Å². The molecule has 0 heterocycles. The van der Waals surface area contributed by atoms with Crippen LogP contribution in [0.1, 0.15) is 92.4 Å². The van der Waals surface area contributed by atoms with E-state index in [0.717, 1.165) is 35.7 Å². The molecule has 3 unspecified atom stereocenters. The zero-order valence-corrected chi connectivity index (χ0v) is 20.0. The molecule has 3 saturated carbocycles. The maximum absolute atomic E-state index is 10.7. The minimum absolute atomic E-state index is 0.163. The van der Waals surface area contributed by atoms with E-state index in [4.69, 9.17) is 0 Å². The average molecular weight is 419 g/mol. The largest absolute Gasteiger partial charge is 0.390 e. The summed E-state index contributed by atoms with van der Waals surface area (Å²) in [5, 5.41) is 31.4. The summed E-state index contributed by atoms with van der Waals surface area (Å²) >= 11 is 0. The Labute approximate surface area is 184 Å². The van der Waals surface area contributed by atoms with E-state index in [0.29, 0.717) is 23.7 Å². The van der Waals surface area contributed by atoms with Gasteiger partial charge in [-0.25, -0.2) is 0 Å². The van der Waals surface area contributed by atoms with Crippen LogP contribution < -0.4 is 0 Å². The van der Waals surface area contributed by atoms with E-state index in [-0.39, 0.29) is 5.41 Å². The second-order valence-corrected chi connectivity index (χ2v) is 12.4. The summed E-state index contributed by atoms with van der Waals surface area (Å²) in [7, 11) is 0. The van der Waals surface area contributed by atoms with E-state index in [2.05, 4.69) is 40.7 Å². The Morgan fingerprint density at radius 3 is 2.43 bits per heavy atom. The molecule has 30 heavy (non-hydrogen) atoms. The van der Waals surface area contributed by atoms with E-state index >= 15 is 0 Å². The molecule has 172 valence electrons. The van der Waals surface area contributed by atoms with Crippen LogP contribution in [0.5, 0.6) is 0 Å². The second kappa shape index (κ2) is 8.19. The van der Waals surface area contributed by atoms with Crippen molar-refractivity contribution in [3.8, 4) is 0 Å². The number of rotatable bonds is 5. The molecule has 0 aliphatic heterocycles. The van der Waals surface area contributed by atoms with Crippen molar-refractivity contribution in [3.63, 3.8) is 0 Å². The van der Waals surface area contributed by atoms with Gasteiger partial charge in [-0.15, -0.1) is 0 Å². The highest BCUT2D eigenvalue weighted by Gasteiger charge is 2.61. The Bertz CT molecular complexity index is 656. The quantitative estimate of drug-likeness (QED) is 0.529. The van der Waals surface area contributed by atoms with Crippen LogP contribution in [0, 0.1) is 46.3 Å². The van der Waals surface area contributed by atoms with Crippen LogP contribution >= 0.6 is 0 Å². The molecular weight excluding hydrogens is 372 g/mol. The van der Waals surface area contributed by atoms with E-state index < -0.39 is 18.3 Å². The predicted molar refractivity (Wildman–Crippen MR) is 122 cm³/mol. The van der Waals surface area contributed by atoms with E-state index in [1.807, 2.05) is 0 Å². The van der Waals surface area contributed by atoms with Crippen molar-refractivity contribution in [3.05, 3.63) is 11.6 Å². The van der Waals surface area contributed by atoms with Crippen LogP contribution in [0.15, 0.2) is 11.6 Å². The molecule has 0 aromatic heterocycles. The first-order valence-corrected chi connectivity index (χ1v) is 12.8. The Morgan fingerprint density at radius 2 is 1.73 bits per heavy atom. The standard InChI is InChI=1S/C27H46O3/c1-16(2)7-6-8-17(3)19-11-12-20-18-9-10-22-24(29)25(30)23(28)15-27(22,5)21(18)13-14-26(19,20)4/h10,16-21,23-25,28-30H,6-9,11-15H2,1-5H3/t17-,18+,19-,20+,21+,23?,24?,25?,26-,27-/m1/s1. The lowest BCUT2D eigenvalue weighted by atomic mass is 9.46. The van der Waals surface area contributed by atoms with Gasteiger partial charge < -0.3 is 15.3 Å². The molecule has 0 spiro atoms. The van der Waals surface area contributed by atoms with Gasteiger partial charge in [0, 0.05) is 0 Å². The summed E-state index contributed by atoms with van der Waals surface area (Å²) < 4.78 is 0. The van der Waals surface area contributed by atoms with E-state index in [1.54, 1.807) is 0 Å². The number of allylic oxidation sites excluding steroid dienone is 1. The maximum atomic E-state index is 10.7. The number of hydrogen-bond acceptors (Lipinski definition) is 3. The number of fused-ring (bicyclic) bond motifs is 5. The van der Waals surface area contributed by atoms with Gasteiger partial charge in [0.1, 0.15) is 12.2 Å². The zero-order chi connectivity index (χ0) is 21.8. The second-order valence-electron chi connectivity index (χ2n) is 12.4. The third-order valence-electron chi connectivity index (χ3n) is 10.4. The van der Waals surface area contributed by atoms with Gasteiger partial charge in [-0.3, -0.25) is 0 Å². The minimum atomic E-state index is -1.03. The lowest BCUT2D eigenvalue weighted by molar-refractivity contribution is -0.125. The monoisotopic (exact) mass is 418 g/mol. The van der Waals surface area contributed by atoms with E-state index in [9.17, 15) is 15.3 Å². The highest BCUT2D eigenvalue weighted by molar-refractivity contribution is 5.30. The fraction of sp³-hybridized carbons (Fsp3) is 0.926. The van der Waals surface area contributed by atoms with Gasteiger partial charge in [0.05, 0.1) is 6.10 Å². The molecule has 4 aliphatic carbocycles. The zero-order valence-electron chi connectivity index (χ0n) is 20.0. The summed E-state index contributed by atoms with van der Waals surface area (Å²) in [6, 6.07) is 0. The normalized spacial score (nSPS) is 49.2. The van der Waals surface area contributed by atoms with Gasteiger partial charge in [0.2, 0.25) is 0 Å². The van der Waals surface area contributed by atoms with Gasteiger partial charge in [-0.1, -0.05) is 60.0 Å². The van der Waals surface area contributed by atoms with Crippen LogP contribution in [0.2, 0.25) is 0 Å². The topological polar surface area (TPSA) is 60.7 Å². The Morgan fingerprint density at radius 1 is 1.00 bits per heavy atom. The molecule has 3 fully saturated rings. The highest BCUT2D eigenvalue weighted by Crippen LogP contribution is 2.67. The first-order valence-electron chi connectivity index (χ1n) is 12.8. The fourth-order valence-electron chi connectivity index (χ4n) is 8.82. The summed E-state index contributed by atoms with van der Waals surface area (Å²) in [6.07, 6.45) is 10.5. The van der Waals surface area contributed by atoms with Crippen molar-refractivity contribution in [2.45, 2.75) is 111 Å². The molecule has 0 radical (unpaired) electrons. The smallest absolute Gasteiger partial charge is 0.110 e. The van der Waals surface area contributed by atoms with E-state index in [1.165, 1.54) is 44.9 Å². The molecule has 0 amide bonds. The summed E-state index contributed by atoms with van der Waals surface area (Å²) in [4.78, 5) is 0. The third kappa shape index (κ3) is 3.52. The lowest BCUT2D eigenvalue weighted by Gasteiger charge is -2.59. The molecule has 3 nitrogen and oxygen atoms in total. The molecule has 0 aromatic rings. The van der Waals surface area contributed by atoms with Crippen LogP contribution in [0.25, 0.3) is 0 Å². The van der Waals surface area contributed by atoms with Crippen molar-refractivity contribution >= 4 is 0 Å². The van der Waals surface area contributed by atoms with Crippen molar-refractivity contribution in [2.75, 3.05) is 0 Å². The third-order valence-corrected chi connectivity index (χ3v) is 10.4. The fourth-order valence-corrected chi connectivity index (χ4v) is 8.82. The molecule has 0 bridgehead atoms. The minimum Gasteiger partial charge on any atom is -0.390 e. The molecule has 0 saturated heterocycles. The summed E-state index contributed by atoms with van der Waals surface area (Å²) in [5.74, 6) is 4.43. The van der Waals surface area contributed by atoms with Crippen LogP contribution in [0.3, 0.4) is 0 Å². The van der Waals surface area contributed by atoms with Crippen LogP contribution in [-0.4, -0.2) is 33.6 Å². The SMILES string of the molecule is CC(C)CCC[C@@H](C)[C@H]1CC[C@H]2[C@@H]3CC=C4C(O)C(O)C(O)C[C@]4(C)[C@H]3CC[C@]12C. The van der Waals surface area contributed by atoms with Gasteiger partial charge in [0.15, 0.2) is 0 Å². The molecule has 10 atom stereocenters. The Hall–Kier alpha value is -0.380. The first kappa shape index (κ1) is 22.8. The molecule has 4 rings (SSSR count). The Kier molecular flexibility index (Phi) is 6.23. The molecular formula is C27H46O3. The summed E-state index contributed by atoms with van der Waals surface area (Å²) in [5.41, 5.74) is 1.30. The van der Waals surface area contributed by atoms with Crippen molar-refractivity contribution in [2.24, 2.45) is 46.3 Å². The van der Waals surface area contributed by atoms with Crippen molar-refractivity contribution in [1.82, 2.24) is 0 Å². The number of aliphatic hydroxyl groups is 3. The van der Waals surface area contributed by atoms with Gasteiger partial charge in [0.25, 0.3) is 0 Å².